The van der Waals surface area contributed by atoms with Crippen LogP contribution in [0.25, 0.3) is 27.2 Å². The van der Waals surface area contributed by atoms with E-state index in [0.717, 1.165) is 22.2 Å². The first-order valence-corrected chi connectivity index (χ1v) is 7.70. The molecule has 0 saturated heterocycles. The Kier molecular flexibility index (Phi) is 2.48. The fourth-order valence-electron chi connectivity index (χ4n) is 3.80. The van der Waals surface area contributed by atoms with Crippen LogP contribution in [-0.4, -0.2) is 4.40 Å². The zero-order valence-electron chi connectivity index (χ0n) is 13.7. The number of hydrogen-bond acceptors (Lipinski definition) is 1. The molecule has 0 aliphatic heterocycles. The Morgan fingerprint density at radius 1 is 0.727 bits per heavy atom. The van der Waals surface area contributed by atoms with Crippen molar-refractivity contribution in [2.24, 2.45) is 0 Å². The van der Waals surface area contributed by atoms with Gasteiger partial charge in [-0.3, -0.25) is 4.79 Å². The lowest BCUT2D eigenvalue weighted by molar-refractivity contribution is 1.09. The highest BCUT2D eigenvalue weighted by Gasteiger charge is 2.20. The van der Waals surface area contributed by atoms with E-state index in [1.807, 2.05) is 13.0 Å². The van der Waals surface area contributed by atoms with Crippen molar-refractivity contribution in [1.29, 1.82) is 0 Å². The molecule has 0 amide bonds. The van der Waals surface area contributed by atoms with Crippen LogP contribution < -0.4 is 5.43 Å². The summed E-state index contributed by atoms with van der Waals surface area (Å²) < 4.78 is 2.30. The minimum absolute atomic E-state index is 0.160. The van der Waals surface area contributed by atoms with Crippen molar-refractivity contribution in [3.63, 3.8) is 0 Å². The van der Waals surface area contributed by atoms with E-state index < -0.39 is 0 Å². The molecule has 4 aromatic rings. The second-order valence-electron chi connectivity index (χ2n) is 6.45. The van der Waals surface area contributed by atoms with Crippen LogP contribution in [0.2, 0.25) is 0 Å². The van der Waals surface area contributed by atoms with Crippen LogP contribution in [0.1, 0.15) is 27.9 Å². The maximum Gasteiger partial charge on any atom is 0.192 e. The molecule has 0 aliphatic rings. The summed E-state index contributed by atoms with van der Waals surface area (Å²) in [5, 5.41) is 3.35. The number of rotatable bonds is 0. The summed E-state index contributed by atoms with van der Waals surface area (Å²) in [5.41, 5.74) is 8.14. The van der Waals surface area contributed by atoms with Gasteiger partial charge in [-0.1, -0.05) is 18.2 Å². The first kappa shape index (κ1) is 13.3. The normalized spacial score (nSPS) is 12.0. The van der Waals surface area contributed by atoms with E-state index >= 15 is 0 Å². The minimum atomic E-state index is 0.160. The lowest BCUT2D eigenvalue weighted by Gasteiger charge is -2.10. The van der Waals surface area contributed by atoms with Crippen molar-refractivity contribution in [2.75, 3.05) is 0 Å². The number of hydrogen-bond donors (Lipinski definition) is 0. The number of aromatic nitrogens is 1. The van der Waals surface area contributed by atoms with Gasteiger partial charge in [0, 0.05) is 27.4 Å². The first-order valence-electron chi connectivity index (χ1n) is 7.70. The molecule has 0 fully saturated rings. The van der Waals surface area contributed by atoms with Crippen LogP contribution in [0.4, 0.5) is 0 Å². The van der Waals surface area contributed by atoms with Crippen molar-refractivity contribution in [3.05, 3.63) is 62.4 Å². The monoisotopic (exact) mass is 289 g/mol. The fraction of sp³-hybridized carbons (Fsp3) is 0.250. The van der Waals surface area contributed by atoms with Crippen LogP contribution in [0.3, 0.4) is 0 Å². The third kappa shape index (κ3) is 1.38. The van der Waals surface area contributed by atoms with E-state index in [0.29, 0.717) is 0 Å². The number of benzene rings is 2. The summed E-state index contributed by atoms with van der Waals surface area (Å²) in [5.74, 6) is 0. The highest BCUT2D eigenvalue weighted by Crippen LogP contribution is 2.37. The van der Waals surface area contributed by atoms with Gasteiger partial charge in [0.2, 0.25) is 0 Å². The molecule has 110 valence electrons. The summed E-state index contributed by atoms with van der Waals surface area (Å²) in [6, 6.07) is 8.41. The zero-order valence-corrected chi connectivity index (χ0v) is 13.7. The van der Waals surface area contributed by atoms with E-state index in [2.05, 4.69) is 50.3 Å². The molecule has 0 unspecified atom stereocenters. The third-order valence-corrected chi connectivity index (χ3v) is 5.13. The number of pyridine rings is 1. The minimum Gasteiger partial charge on any atom is -0.312 e. The summed E-state index contributed by atoms with van der Waals surface area (Å²) >= 11 is 0. The molecule has 2 heteroatoms. The van der Waals surface area contributed by atoms with Crippen molar-refractivity contribution < 1.29 is 0 Å². The van der Waals surface area contributed by atoms with Gasteiger partial charge in [-0.15, -0.1) is 0 Å². The standard InChI is InChI=1S/C20H19NO/c1-10-6-7-12(3)18-16(10)17-11(2)8-9-15-19(17)21(18)14(5)13(4)20(15)22/h6-9H,1-5H3. The van der Waals surface area contributed by atoms with E-state index in [1.165, 1.54) is 33.0 Å². The van der Waals surface area contributed by atoms with Crippen molar-refractivity contribution >= 4 is 27.2 Å². The molecule has 2 heterocycles. The van der Waals surface area contributed by atoms with Gasteiger partial charge in [0.1, 0.15) is 0 Å². The summed E-state index contributed by atoms with van der Waals surface area (Å²) in [7, 11) is 0. The van der Waals surface area contributed by atoms with Gasteiger partial charge >= 0.3 is 0 Å². The number of fused-ring (bicyclic) bond motifs is 3. The van der Waals surface area contributed by atoms with Crippen LogP contribution in [0.15, 0.2) is 29.1 Å². The maximum atomic E-state index is 12.7. The number of aryl methyl sites for hydroxylation is 4. The average Bonchev–Trinajstić information content (AvgIpc) is 2.86. The molecular formula is C20H19NO. The highest BCUT2D eigenvalue weighted by molar-refractivity contribution is 6.17. The Morgan fingerprint density at radius 2 is 1.27 bits per heavy atom. The van der Waals surface area contributed by atoms with Crippen LogP contribution in [-0.2, 0) is 0 Å². The molecule has 0 spiro atoms. The molecule has 0 N–H and O–H groups in total. The van der Waals surface area contributed by atoms with Crippen molar-refractivity contribution in [2.45, 2.75) is 34.6 Å². The molecule has 0 bridgehead atoms. The summed E-state index contributed by atoms with van der Waals surface area (Å²) in [6.07, 6.45) is 0. The van der Waals surface area contributed by atoms with Gasteiger partial charge in [-0.2, -0.15) is 0 Å². The van der Waals surface area contributed by atoms with Gasteiger partial charge in [-0.25, -0.2) is 0 Å². The van der Waals surface area contributed by atoms with E-state index in [4.69, 9.17) is 0 Å². The Bertz CT molecular complexity index is 1130. The summed E-state index contributed by atoms with van der Waals surface area (Å²) in [6.45, 7) is 10.4. The Labute approximate surface area is 129 Å². The fourth-order valence-corrected chi connectivity index (χ4v) is 3.80. The van der Waals surface area contributed by atoms with Gasteiger partial charge < -0.3 is 4.40 Å². The van der Waals surface area contributed by atoms with E-state index in [-0.39, 0.29) is 5.43 Å². The highest BCUT2D eigenvalue weighted by atomic mass is 16.1. The average molecular weight is 289 g/mol. The first-order chi connectivity index (χ1) is 10.4. The zero-order chi connectivity index (χ0) is 15.8. The summed E-state index contributed by atoms with van der Waals surface area (Å²) in [4.78, 5) is 12.7. The Hall–Kier alpha value is -2.35. The molecule has 2 aromatic carbocycles. The SMILES string of the molecule is Cc1c(C)n2c3c(C)ccc(C)c3c3c(C)ccc(c1=O)c32. The predicted octanol–water partition coefficient (Wildman–Crippen LogP) is 4.59. The lowest BCUT2D eigenvalue weighted by atomic mass is 10.00. The molecule has 2 aromatic heterocycles. The lowest BCUT2D eigenvalue weighted by Crippen LogP contribution is -2.12. The maximum absolute atomic E-state index is 12.7. The largest absolute Gasteiger partial charge is 0.312 e. The van der Waals surface area contributed by atoms with E-state index in [9.17, 15) is 4.79 Å². The van der Waals surface area contributed by atoms with Crippen molar-refractivity contribution in [1.82, 2.24) is 4.40 Å². The van der Waals surface area contributed by atoms with Gasteiger partial charge in [-0.05, 0) is 57.4 Å². The van der Waals surface area contributed by atoms with Crippen LogP contribution >= 0.6 is 0 Å². The predicted molar refractivity (Wildman–Crippen MR) is 93.6 cm³/mol. The van der Waals surface area contributed by atoms with Gasteiger partial charge in [0.25, 0.3) is 0 Å². The molecule has 0 atom stereocenters. The van der Waals surface area contributed by atoms with Crippen LogP contribution in [0, 0.1) is 34.6 Å². The molecule has 0 aliphatic carbocycles. The Morgan fingerprint density at radius 3 is 1.95 bits per heavy atom. The smallest absolute Gasteiger partial charge is 0.192 e. The third-order valence-electron chi connectivity index (χ3n) is 5.13. The molecule has 0 radical (unpaired) electrons. The second-order valence-corrected chi connectivity index (χ2v) is 6.45. The molecular weight excluding hydrogens is 270 g/mol. The van der Waals surface area contributed by atoms with Gasteiger partial charge in [0.05, 0.1) is 11.0 Å². The van der Waals surface area contributed by atoms with Crippen LogP contribution in [0.5, 0.6) is 0 Å². The quantitative estimate of drug-likeness (QED) is 0.464. The molecule has 0 saturated carbocycles. The van der Waals surface area contributed by atoms with Crippen molar-refractivity contribution in [3.8, 4) is 0 Å². The topological polar surface area (TPSA) is 21.5 Å². The Balaban J connectivity index is 2.59. The molecule has 4 rings (SSSR count). The van der Waals surface area contributed by atoms with Gasteiger partial charge in [0.15, 0.2) is 5.43 Å². The molecule has 22 heavy (non-hydrogen) atoms. The number of nitrogens with zero attached hydrogens (tertiary/aromatic N) is 1. The van der Waals surface area contributed by atoms with E-state index in [1.54, 1.807) is 0 Å². The second kappa shape index (κ2) is 4.10. The molecule has 2 nitrogen and oxygen atoms in total.